The third-order valence-corrected chi connectivity index (χ3v) is 8.57. The summed E-state index contributed by atoms with van der Waals surface area (Å²) in [6.07, 6.45) is 5.86. The monoisotopic (exact) mass is 527 g/mol. The van der Waals surface area contributed by atoms with E-state index in [1.165, 1.54) is 0 Å². The molecule has 0 unspecified atom stereocenters. The number of aromatic nitrogens is 3. The minimum Gasteiger partial charge on any atom is -0.361 e. The van der Waals surface area contributed by atoms with Crippen molar-refractivity contribution in [3.63, 3.8) is 0 Å². The molecule has 11 heteroatoms. The highest BCUT2D eigenvalue weighted by Crippen LogP contribution is 2.35. The van der Waals surface area contributed by atoms with Crippen LogP contribution in [0.3, 0.4) is 0 Å². The maximum Gasteiger partial charge on any atom is 0.264 e. The van der Waals surface area contributed by atoms with E-state index in [1.807, 2.05) is 35.9 Å². The average Bonchev–Trinajstić information content (AvgIpc) is 3.15. The third kappa shape index (κ3) is 6.31. The van der Waals surface area contributed by atoms with Crippen molar-refractivity contribution in [1.82, 2.24) is 14.5 Å². The van der Waals surface area contributed by atoms with Gasteiger partial charge < -0.3 is 14.6 Å². The molecule has 2 atom stereocenters. The van der Waals surface area contributed by atoms with Gasteiger partial charge in [0.05, 0.1) is 30.7 Å². The smallest absolute Gasteiger partial charge is 0.264 e. The number of anilines is 1. The van der Waals surface area contributed by atoms with Gasteiger partial charge in [-0.3, -0.25) is 4.18 Å². The largest absolute Gasteiger partial charge is 0.361 e. The van der Waals surface area contributed by atoms with Gasteiger partial charge in [-0.25, -0.2) is 14.8 Å². The van der Waals surface area contributed by atoms with E-state index >= 15 is 0 Å². The zero-order chi connectivity index (χ0) is 26.1. The summed E-state index contributed by atoms with van der Waals surface area (Å²) >= 11 is 0. The number of nitrogens with zero attached hydrogens (tertiary/aromatic N) is 4. The second-order valence-electron chi connectivity index (χ2n) is 10.6. The van der Waals surface area contributed by atoms with E-state index in [9.17, 15) is 8.42 Å². The van der Waals surface area contributed by atoms with Gasteiger partial charge >= 0.3 is 0 Å². The first kappa shape index (κ1) is 26.3. The summed E-state index contributed by atoms with van der Waals surface area (Å²) in [6.45, 7) is 17.5. The molecule has 9 nitrogen and oxygen atoms in total. The summed E-state index contributed by atoms with van der Waals surface area (Å²) in [5.74, 6) is 0.424. The Labute approximate surface area is 213 Å². The minimum atomic E-state index is -3.53. The molecule has 2 aromatic heterocycles. The molecular formula is C25H33N5O4SSi. The van der Waals surface area contributed by atoms with Crippen molar-refractivity contribution < 1.29 is 17.3 Å². The van der Waals surface area contributed by atoms with Crippen LogP contribution in [0.15, 0.2) is 30.6 Å². The second-order valence-corrected chi connectivity index (χ2v) is 17.8. The van der Waals surface area contributed by atoms with Crippen LogP contribution >= 0.6 is 0 Å². The zero-order valence-corrected chi connectivity index (χ0v) is 23.2. The third-order valence-electron chi connectivity index (χ3n) is 6.27. The molecule has 192 valence electrons. The van der Waals surface area contributed by atoms with Crippen LogP contribution in [0.2, 0.25) is 25.7 Å². The van der Waals surface area contributed by atoms with Gasteiger partial charge in [0.15, 0.2) is 5.69 Å². The molecule has 1 fully saturated rings. The molecule has 1 aliphatic carbocycles. The van der Waals surface area contributed by atoms with Crippen LogP contribution in [0.4, 0.5) is 11.6 Å². The molecule has 0 aliphatic heterocycles. The SMILES string of the molecule is [C-]#[N+]c1ccc2c(-c3nc(N[C@H]4CC[C@H]4OS(C)(=O)=O)ncc3C)cn(COCC[Si](C)(C)C)c2c1. The van der Waals surface area contributed by atoms with Crippen LogP contribution in [-0.2, 0) is 25.8 Å². The highest BCUT2D eigenvalue weighted by molar-refractivity contribution is 7.86. The first-order valence-electron chi connectivity index (χ1n) is 12.0. The highest BCUT2D eigenvalue weighted by atomic mass is 32.2. The normalized spacial score (nSPS) is 18.1. The average molecular weight is 528 g/mol. The highest BCUT2D eigenvalue weighted by Gasteiger charge is 2.35. The van der Waals surface area contributed by atoms with Crippen molar-refractivity contribution in [2.45, 2.75) is 64.3 Å². The molecule has 0 amide bonds. The Hall–Kier alpha value is -2.78. The first-order chi connectivity index (χ1) is 16.9. The van der Waals surface area contributed by atoms with Gasteiger partial charge in [0.25, 0.3) is 10.1 Å². The second kappa shape index (κ2) is 10.3. The van der Waals surface area contributed by atoms with Crippen molar-refractivity contribution in [1.29, 1.82) is 0 Å². The van der Waals surface area contributed by atoms with Crippen molar-refractivity contribution in [2.75, 3.05) is 18.2 Å². The number of hydrogen-bond donors (Lipinski definition) is 1. The number of hydrogen-bond acceptors (Lipinski definition) is 7. The Bertz CT molecular complexity index is 1410. The van der Waals surface area contributed by atoms with Crippen LogP contribution in [0.5, 0.6) is 0 Å². The molecular weight excluding hydrogens is 494 g/mol. The Morgan fingerprint density at radius 2 is 2.06 bits per heavy atom. The summed E-state index contributed by atoms with van der Waals surface area (Å²) in [7, 11) is -4.72. The Morgan fingerprint density at radius 1 is 1.28 bits per heavy atom. The molecule has 1 aliphatic rings. The van der Waals surface area contributed by atoms with E-state index in [2.05, 4.69) is 34.8 Å². The first-order valence-corrected chi connectivity index (χ1v) is 17.5. The van der Waals surface area contributed by atoms with Crippen LogP contribution < -0.4 is 5.32 Å². The number of aryl methyl sites for hydroxylation is 1. The molecule has 1 saturated carbocycles. The maximum atomic E-state index is 11.5. The lowest BCUT2D eigenvalue weighted by atomic mass is 9.89. The molecule has 4 rings (SSSR count). The summed E-state index contributed by atoms with van der Waals surface area (Å²) in [4.78, 5) is 12.8. The number of benzene rings is 1. The fourth-order valence-corrected chi connectivity index (χ4v) is 5.55. The van der Waals surface area contributed by atoms with Gasteiger partial charge in [0.1, 0.15) is 6.73 Å². The Morgan fingerprint density at radius 3 is 2.69 bits per heavy atom. The lowest BCUT2D eigenvalue weighted by Crippen LogP contribution is -2.46. The van der Waals surface area contributed by atoms with Crippen molar-refractivity contribution in [2.24, 2.45) is 0 Å². The van der Waals surface area contributed by atoms with E-state index in [0.29, 0.717) is 31.4 Å². The molecule has 3 aromatic rings. The predicted octanol–water partition coefficient (Wildman–Crippen LogP) is 5.19. The molecule has 0 saturated heterocycles. The summed E-state index contributed by atoms with van der Waals surface area (Å²) in [5.41, 5.74) is 4.09. The van der Waals surface area contributed by atoms with E-state index < -0.39 is 24.3 Å². The lowest BCUT2D eigenvalue weighted by Gasteiger charge is -2.35. The van der Waals surface area contributed by atoms with Crippen LogP contribution in [0, 0.1) is 13.5 Å². The summed E-state index contributed by atoms with van der Waals surface area (Å²) in [5, 5.41) is 4.22. The van der Waals surface area contributed by atoms with Crippen LogP contribution in [0.25, 0.3) is 27.0 Å². The van der Waals surface area contributed by atoms with Gasteiger partial charge in [-0.05, 0) is 37.4 Å². The number of fused-ring (bicyclic) bond motifs is 1. The van der Waals surface area contributed by atoms with Crippen molar-refractivity contribution in [3.05, 3.63) is 47.6 Å². The van der Waals surface area contributed by atoms with Crippen molar-refractivity contribution >= 4 is 40.7 Å². The van der Waals surface area contributed by atoms with E-state index in [4.69, 9.17) is 20.5 Å². The van der Waals surface area contributed by atoms with Crippen LogP contribution in [-0.4, -0.2) is 56.0 Å². The van der Waals surface area contributed by atoms with Crippen LogP contribution in [0.1, 0.15) is 18.4 Å². The number of ether oxygens (including phenoxy) is 1. The minimum absolute atomic E-state index is 0.169. The number of rotatable bonds is 10. The fourth-order valence-electron chi connectivity index (χ4n) is 4.11. The van der Waals surface area contributed by atoms with Gasteiger partial charge in [0, 0.05) is 43.5 Å². The van der Waals surface area contributed by atoms with Gasteiger partial charge in [-0.2, -0.15) is 8.42 Å². The lowest BCUT2D eigenvalue weighted by molar-refractivity contribution is 0.0903. The van der Waals surface area contributed by atoms with E-state index in [0.717, 1.165) is 46.4 Å². The summed E-state index contributed by atoms with van der Waals surface area (Å²) in [6, 6.07) is 6.56. The maximum absolute atomic E-state index is 11.5. The van der Waals surface area contributed by atoms with Crippen molar-refractivity contribution in [3.8, 4) is 11.3 Å². The van der Waals surface area contributed by atoms with Gasteiger partial charge in [0.2, 0.25) is 5.95 Å². The molecule has 0 radical (unpaired) electrons. The van der Waals surface area contributed by atoms with E-state index in [-0.39, 0.29) is 6.04 Å². The van der Waals surface area contributed by atoms with Gasteiger partial charge in [-0.1, -0.05) is 31.8 Å². The topological polar surface area (TPSA) is 99.7 Å². The Kier molecular flexibility index (Phi) is 7.52. The van der Waals surface area contributed by atoms with E-state index in [1.54, 1.807) is 6.20 Å². The zero-order valence-electron chi connectivity index (χ0n) is 21.4. The summed E-state index contributed by atoms with van der Waals surface area (Å²) < 4.78 is 36.3. The molecule has 36 heavy (non-hydrogen) atoms. The molecule has 1 N–H and O–H groups in total. The number of nitrogens with one attached hydrogen (secondary N) is 1. The van der Waals surface area contributed by atoms with Gasteiger partial charge in [-0.15, -0.1) is 0 Å². The Balaban J connectivity index is 1.62. The molecule has 2 heterocycles. The fraction of sp³-hybridized carbons (Fsp3) is 0.480. The predicted molar refractivity (Wildman–Crippen MR) is 144 cm³/mol. The standard InChI is InChI=1S/C25H33N5O4SSi/c1-17-14-27-25(28-21-9-10-23(21)34-35(3,31)32)29-24(17)20-15-30(16-33-11-12-36(4,5)6)22-13-18(26-2)7-8-19(20)22/h7-8,13-15,21,23H,9-12,16H2,1,3-6H3,(H,27,28,29)/t21-,23+/m0/s1. The molecule has 1 aromatic carbocycles. The molecule has 0 spiro atoms. The quantitative estimate of drug-likeness (QED) is 0.168. The molecule has 0 bridgehead atoms.